The molecule has 0 fully saturated rings. The molecule has 0 atom stereocenters. The van der Waals surface area contributed by atoms with E-state index in [0.717, 1.165) is 5.39 Å². The van der Waals surface area contributed by atoms with Gasteiger partial charge in [0.15, 0.2) is 0 Å². The first-order valence-electron chi connectivity index (χ1n) is 8.56. The topological polar surface area (TPSA) is 65.5 Å². The number of ether oxygens (including phenoxy) is 2. The molecule has 0 saturated heterocycles. The van der Waals surface area contributed by atoms with Gasteiger partial charge in [-0.15, -0.1) is 0 Å². The van der Waals surface area contributed by atoms with Gasteiger partial charge in [0.2, 0.25) is 0 Å². The fraction of sp³-hybridized carbons (Fsp3) is 0.136. The Morgan fingerprint density at radius 2 is 1.93 bits per heavy atom. The van der Waals surface area contributed by atoms with Crippen molar-refractivity contribution in [3.8, 4) is 0 Å². The minimum Gasteiger partial charge on any atom is -0.465 e. The van der Waals surface area contributed by atoms with E-state index in [1.54, 1.807) is 19.1 Å². The number of carbonyl (C=O) groups excluding carboxylic acids is 2. The van der Waals surface area contributed by atoms with Crippen LogP contribution in [0.4, 0.5) is 4.39 Å². The Hall–Kier alpha value is -3.54. The summed E-state index contributed by atoms with van der Waals surface area (Å²) in [5.41, 5.74) is 2.53. The number of hydrogen-bond acceptors (Lipinski definition) is 5. The number of para-hydroxylation sites is 1. The van der Waals surface area contributed by atoms with Gasteiger partial charge >= 0.3 is 11.9 Å². The number of fused-ring (bicyclic) bond motifs is 1. The first-order valence-corrected chi connectivity index (χ1v) is 8.56. The highest BCUT2D eigenvalue weighted by Crippen LogP contribution is 2.24. The predicted molar refractivity (Wildman–Crippen MR) is 103 cm³/mol. The van der Waals surface area contributed by atoms with Crippen LogP contribution in [0.1, 0.15) is 27.2 Å². The molecular formula is C22H18FNO4. The van der Waals surface area contributed by atoms with Crippen LogP contribution < -0.4 is 0 Å². The number of methoxy groups -OCH3 is 1. The second kappa shape index (κ2) is 8.43. The summed E-state index contributed by atoms with van der Waals surface area (Å²) in [6.45, 7) is 1.61. The van der Waals surface area contributed by atoms with Gasteiger partial charge < -0.3 is 9.47 Å². The average Bonchev–Trinajstić information content (AvgIpc) is 2.70. The Bertz CT molecular complexity index is 1080. The van der Waals surface area contributed by atoms with Crippen molar-refractivity contribution in [3.63, 3.8) is 0 Å². The molecule has 0 N–H and O–H groups in total. The second-order valence-corrected chi connectivity index (χ2v) is 6.06. The maximum atomic E-state index is 13.2. The average molecular weight is 379 g/mol. The Balaban J connectivity index is 1.83. The third-order valence-corrected chi connectivity index (χ3v) is 4.23. The number of rotatable bonds is 5. The van der Waals surface area contributed by atoms with Gasteiger partial charge in [-0.1, -0.05) is 30.3 Å². The van der Waals surface area contributed by atoms with Gasteiger partial charge in [-0.25, -0.2) is 19.0 Å². The van der Waals surface area contributed by atoms with Crippen molar-refractivity contribution in [1.82, 2.24) is 4.98 Å². The zero-order valence-electron chi connectivity index (χ0n) is 15.4. The predicted octanol–water partition coefficient (Wildman–Crippen LogP) is 4.23. The molecule has 142 valence electrons. The van der Waals surface area contributed by atoms with Crippen molar-refractivity contribution in [2.45, 2.75) is 13.5 Å². The summed E-state index contributed by atoms with van der Waals surface area (Å²) >= 11 is 0. The van der Waals surface area contributed by atoms with E-state index in [0.29, 0.717) is 22.3 Å². The fourth-order valence-electron chi connectivity index (χ4n) is 2.88. The lowest BCUT2D eigenvalue weighted by atomic mass is 10.0. The smallest absolute Gasteiger partial charge is 0.340 e. The van der Waals surface area contributed by atoms with Crippen LogP contribution in [0.25, 0.3) is 17.0 Å². The monoisotopic (exact) mass is 379 g/mol. The normalized spacial score (nSPS) is 11.0. The maximum absolute atomic E-state index is 13.2. The molecule has 0 radical (unpaired) electrons. The third-order valence-electron chi connectivity index (χ3n) is 4.23. The van der Waals surface area contributed by atoms with Crippen molar-refractivity contribution < 1.29 is 23.5 Å². The molecule has 0 aliphatic heterocycles. The number of halogens is 1. The van der Waals surface area contributed by atoms with E-state index >= 15 is 0 Å². The van der Waals surface area contributed by atoms with Gasteiger partial charge in [0.05, 0.1) is 23.9 Å². The highest BCUT2D eigenvalue weighted by atomic mass is 19.1. The van der Waals surface area contributed by atoms with E-state index in [1.807, 2.05) is 24.3 Å². The van der Waals surface area contributed by atoms with E-state index in [2.05, 4.69) is 4.98 Å². The summed E-state index contributed by atoms with van der Waals surface area (Å²) in [6.07, 6.45) is 2.65. The van der Waals surface area contributed by atoms with E-state index in [1.165, 1.54) is 31.4 Å². The number of aryl methyl sites for hydroxylation is 1. The van der Waals surface area contributed by atoms with E-state index in [-0.39, 0.29) is 12.2 Å². The molecule has 0 amide bonds. The van der Waals surface area contributed by atoms with Gasteiger partial charge in [0.1, 0.15) is 12.4 Å². The lowest BCUT2D eigenvalue weighted by Gasteiger charge is -2.13. The van der Waals surface area contributed by atoms with Crippen LogP contribution in [-0.2, 0) is 20.9 Å². The lowest BCUT2D eigenvalue weighted by Crippen LogP contribution is -2.13. The van der Waals surface area contributed by atoms with Crippen LogP contribution in [0.15, 0.2) is 54.6 Å². The van der Waals surface area contributed by atoms with Crippen LogP contribution in [0.3, 0.4) is 0 Å². The van der Waals surface area contributed by atoms with Gasteiger partial charge in [0.25, 0.3) is 0 Å². The van der Waals surface area contributed by atoms with Gasteiger partial charge in [-0.2, -0.15) is 0 Å². The zero-order valence-corrected chi connectivity index (χ0v) is 15.4. The Morgan fingerprint density at radius 3 is 2.68 bits per heavy atom. The maximum Gasteiger partial charge on any atom is 0.340 e. The molecule has 3 aromatic rings. The molecule has 1 aromatic heterocycles. The van der Waals surface area contributed by atoms with Gasteiger partial charge in [0, 0.05) is 11.5 Å². The number of benzene rings is 2. The van der Waals surface area contributed by atoms with Crippen molar-refractivity contribution in [2.24, 2.45) is 0 Å². The number of esters is 2. The summed E-state index contributed by atoms with van der Waals surface area (Å²) < 4.78 is 23.3. The third kappa shape index (κ3) is 4.23. The summed E-state index contributed by atoms with van der Waals surface area (Å²) in [6, 6.07) is 13.2. The van der Waals surface area contributed by atoms with E-state index < -0.39 is 17.8 Å². The highest BCUT2D eigenvalue weighted by molar-refractivity contribution is 5.98. The van der Waals surface area contributed by atoms with Crippen LogP contribution in [0, 0.1) is 12.7 Å². The number of carbonyl (C=O) groups is 2. The Morgan fingerprint density at radius 1 is 1.14 bits per heavy atom. The van der Waals surface area contributed by atoms with Gasteiger partial charge in [-0.3, -0.25) is 0 Å². The number of aromatic nitrogens is 1. The molecular weight excluding hydrogens is 361 g/mol. The quantitative estimate of drug-likeness (QED) is 0.490. The van der Waals surface area contributed by atoms with E-state index in [9.17, 15) is 14.0 Å². The molecule has 0 aliphatic carbocycles. The summed E-state index contributed by atoms with van der Waals surface area (Å²) in [5, 5.41) is 0.823. The van der Waals surface area contributed by atoms with Crippen molar-refractivity contribution in [1.29, 1.82) is 0 Å². The first kappa shape index (κ1) is 19.2. The standard InChI is InChI=1S/C22H18FNO4/c1-14-17-8-3-4-9-18(17)24-19(21(14)22(26)27-2)13-28-20(25)11-10-15-6-5-7-16(23)12-15/h3-12H,13H2,1-2H3/b11-10+. The molecule has 3 rings (SSSR count). The van der Waals surface area contributed by atoms with Crippen LogP contribution in [0.5, 0.6) is 0 Å². The van der Waals surface area contributed by atoms with Gasteiger partial charge in [-0.05, 0) is 42.3 Å². The largest absolute Gasteiger partial charge is 0.465 e. The minimum absolute atomic E-state index is 0.192. The second-order valence-electron chi connectivity index (χ2n) is 6.06. The number of nitrogens with zero attached hydrogens (tertiary/aromatic N) is 1. The number of hydrogen-bond donors (Lipinski definition) is 0. The minimum atomic E-state index is -0.632. The molecule has 28 heavy (non-hydrogen) atoms. The zero-order chi connectivity index (χ0) is 20.1. The lowest BCUT2D eigenvalue weighted by molar-refractivity contribution is -0.139. The van der Waals surface area contributed by atoms with E-state index in [4.69, 9.17) is 9.47 Å². The number of pyridine rings is 1. The summed E-state index contributed by atoms with van der Waals surface area (Å²) in [4.78, 5) is 28.7. The van der Waals surface area contributed by atoms with Crippen molar-refractivity contribution in [3.05, 3.63) is 82.8 Å². The highest BCUT2D eigenvalue weighted by Gasteiger charge is 2.20. The molecule has 0 spiro atoms. The molecule has 0 saturated carbocycles. The summed E-state index contributed by atoms with van der Waals surface area (Å²) in [7, 11) is 1.29. The Labute approximate surface area is 161 Å². The fourth-order valence-corrected chi connectivity index (χ4v) is 2.88. The SMILES string of the molecule is COC(=O)c1c(COC(=O)/C=C/c2cccc(F)c2)nc2ccccc2c1C. The molecule has 6 heteroatoms. The molecule has 5 nitrogen and oxygen atoms in total. The molecule has 0 aliphatic rings. The first-order chi connectivity index (χ1) is 13.5. The molecule has 0 bridgehead atoms. The van der Waals surface area contributed by atoms with Crippen LogP contribution in [-0.4, -0.2) is 24.0 Å². The molecule has 2 aromatic carbocycles. The Kier molecular flexibility index (Phi) is 5.79. The summed E-state index contributed by atoms with van der Waals surface area (Å²) in [5.74, 6) is -1.57. The van der Waals surface area contributed by atoms with Crippen molar-refractivity contribution in [2.75, 3.05) is 7.11 Å². The van der Waals surface area contributed by atoms with Crippen molar-refractivity contribution >= 4 is 28.9 Å². The van der Waals surface area contributed by atoms with Crippen LogP contribution >= 0.6 is 0 Å². The van der Waals surface area contributed by atoms with Crippen LogP contribution in [0.2, 0.25) is 0 Å². The molecule has 0 unspecified atom stereocenters. The molecule has 1 heterocycles.